The molecule has 0 aliphatic carbocycles. The maximum atomic E-state index is 12.9. The Balaban J connectivity index is 0.00000176. The van der Waals surface area contributed by atoms with Gasteiger partial charge in [-0.2, -0.15) is 0 Å². The normalized spacial score (nSPS) is 10.3. The highest BCUT2D eigenvalue weighted by molar-refractivity contribution is 5.25. The maximum Gasteiger partial charge on any atom is 0.265 e. The molecule has 0 N–H and O–H groups in total. The maximum absolute atomic E-state index is 12.9. The van der Waals surface area contributed by atoms with Gasteiger partial charge in [0.15, 0.2) is 0 Å². The zero-order valence-electron chi connectivity index (χ0n) is 12.3. The lowest BCUT2D eigenvalue weighted by atomic mass is 10.1. The topological polar surface area (TPSA) is 21.7 Å². The molecule has 114 valence electrons. The fraction of sp³-hybridized carbons (Fsp3) is 0.176. The van der Waals surface area contributed by atoms with Gasteiger partial charge in [-0.15, -0.1) is 4.68 Å². The summed E-state index contributed by atoms with van der Waals surface area (Å²) in [5.74, 6) is -0.209. The molecule has 0 bridgehead atoms. The van der Waals surface area contributed by atoms with Gasteiger partial charge in [-0.1, -0.05) is 36.4 Å². The lowest BCUT2D eigenvalue weighted by Gasteiger charge is -2.00. The molecule has 0 spiro atoms. The summed E-state index contributed by atoms with van der Waals surface area (Å²) in [6.07, 6.45) is 3.76. The van der Waals surface area contributed by atoms with Crippen molar-refractivity contribution in [1.82, 2.24) is 9.78 Å². The first-order valence-corrected chi connectivity index (χ1v) is 6.91. The molecule has 22 heavy (non-hydrogen) atoms. The third kappa shape index (κ3) is 3.92. The van der Waals surface area contributed by atoms with Crippen molar-refractivity contribution in [2.24, 2.45) is 0 Å². The first kappa shape index (κ1) is 16.2. The largest absolute Gasteiger partial charge is 1.00 e. The number of aryl methyl sites for hydroxylation is 1. The van der Waals surface area contributed by atoms with E-state index in [2.05, 4.69) is 24.2 Å². The SMILES string of the molecule is Cc1ccccc1Cn1c[n+](Cc2ccc(F)cc2)cn1.[Cl-]. The van der Waals surface area contributed by atoms with E-state index in [9.17, 15) is 4.39 Å². The molecule has 0 aliphatic rings. The van der Waals surface area contributed by atoms with E-state index in [0.717, 1.165) is 12.1 Å². The lowest BCUT2D eigenvalue weighted by Crippen LogP contribution is -3.00. The van der Waals surface area contributed by atoms with E-state index in [0.29, 0.717) is 6.54 Å². The second-order valence-corrected chi connectivity index (χ2v) is 5.17. The van der Waals surface area contributed by atoms with Gasteiger partial charge in [-0.25, -0.2) is 8.96 Å². The van der Waals surface area contributed by atoms with Gasteiger partial charge in [0.05, 0.1) is 6.54 Å². The summed E-state index contributed by atoms with van der Waals surface area (Å²) in [6, 6.07) is 14.8. The van der Waals surface area contributed by atoms with Crippen molar-refractivity contribution < 1.29 is 21.4 Å². The quantitative estimate of drug-likeness (QED) is 0.607. The first-order chi connectivity index (χ1) is 10.2. The Bertz CT molecular complexity index is 738. The summed E-state index contributed by atoms with van der Waals surface area (Å²) in [7, 11) is 0. The molecule has 3 aromatic rings. The number of aromatic nitrogens is 3. The van der Waals surface area contributed by atoms with Crippen LogP contribution in [-0.2, 0) is 13.1 Å². The predicted molar refractivity (Wildman–Crippen MR) is 78.2 cm³/mol. The molecule has 0 saturated carbocycles. The van der Waals surface area contributed by atoms with Crippen molar-refractivity contribution in [2.45, 2.75) is 20.0 Å². The number of halogens is 2. The zero-order chi connectivity index (χ0) is 14.7. The van der Waals surface area contributed by atoms with Crippen molar-refractivity contribution in [3.8, 4) is 0 Å². The summed E-state index contributed by atoms with van der Waals surface area (Å²) in [4.78, 5) is 0. The minimum Gasteiger partial charge on any atom is -1.00 e. The van der Waals surface area contributed by atoms with Crippen molar-refractivity contribution >= 4 is 0 Å². The van der Waals surface area contributed by atoms with Crippen LogP contribution in [0.5, 0.6) is 0 Å². The Morgan fingerprint density at radius 2 is 1.82 bits per heavy atom. The zero-order valence-corrected chi connectivity index (χ0v) is 13.0. The second-order valence-electron chi connectivity index (χ2n) is 5.17. The highest BCUT2D eigenvalue weighted by Crippen LogP contribution is 2.08. The Morgan fingerprint density at radius 1 is 1.09 bits per heavy atom. The average Bonchev–Trinajstić information content (AvgIpc) is 2.91. The van der Waals surface area contributed by atoms with Crippen LogP contribution in [0.3, 0.4) is 0 Å². The number of benzene rings is 2. The summed E-state index contributed by atoms with van der Waals surface area (Å²) in [5.41, 5.74) is 3.57. The van der Waals surface area contributed by atoms with Gasteiger partial charge in [-0.05, 0) is 35.7 Å². The van der Waals surface area contributed by atoms with Gasteiger partial charge in [-0.3, -0.25) is 0 Å². The van der Waals surface area contributed by atoms with E-state index in [4.69, 9.17) is 0 Å². The van der Waals surface area contributed by atoms with E-state index in [1.54, 1.807) is 18.5 Å². The van der Waals surface area contributed by atoms with E-state index < -0.39 is 0 Å². The molecule has 3 rings (SSSR count). The van der Waals surface area contributed by atoms with Crippen LogP contribution in [0.2, 0.25) is 0 Å². The van der Waals surface area contributed by atoms with Crippen molar-refractivity contribution in [1.29, 1.82) is 0 Å². The van der Waals surface area contributed by atoms with Crippen LogP contribution in [0.25, 0.3) is 0 Å². The third-order valence-corrected chi connectivity index (χ3v) is 3.50. The lowest BCUT2D eigenvalue weighted by molar-refractivity contribution is -0.689. The van der Waals surface area contributed by atoms with E-state index in [1.165, 1.54) is 23.3 Å². The molecule has 2 aromatic carbocycles. The van der Waals surface area contributed by atoms with Gasteiger partial charge < -0.3 is 12.4 Å². The van der Waals surface area contributed by atoms with Gasteiger partial charge in [0.1, 0.15) is 12.4 Å². The molecule has 0 saturated heterocycles. The Morgan fingerprint density at radius 3 is 2.55 bits per heavy atom. The molecule has 0 unspecified atom stereocenters. The van der Waals surface area contributed by atoms with Crippen LogP contribution in [0.4, 0.5) is 4.39 Å². The molecular formula is C17H17ClFN3. The van der Waals surface area contributed by atoms with E-state index in [-0.39, 0.29) is 18.2 Å². The van der Waals surface area contributed by atoms with Crippen LogP contribution in [0.15, 0.2) is 61.2 Å². The van der Waals surface area contributed by atoms with Gasteiger partial charge >= 0.3 is 0 Å². The smallest absolute Gasteiger partial charge is 0.265 e. The Hall–Kier alpha value is -2.20. The fourth-order valence-corrected chi connectivity index (χ4v) is 2.29. The number of hydrogen-bond donors (Lipinski definition) is 0. The molecular weight excluding hydrogens is 301 g/mol. The van der Waals surface area contributed by atoms with Crippen LogP contribution in [-0.4, -0.2) is 9.78 Å². The van der Waals surface area contributed by atoms with Crippen LogP contribution in [0, 0.1) is 12.7 Å². The first-order valence-electron chi connectivity index (χ1n) is 6.91. The Kier molecular flexibility index (Phi) is 5.28. The number of rotatable bonds is 4. The highest BCUT2D eigenvalue weighted by atomic mass is 35.5. The second kappa shape index (κ2) is 7.18. The third-order valence-electron chi connectivity index (χ3n) is 3.50. The van der Waals surface area contributed by atoms with Crippen LogP contribution in [0.1, 0.15) is 16.7 Å². The predicted octanol–water partition coefficient (Wildman–Crippen LogP) is -0.281. The molecule has 1 aromatic heterocycles. The number of nitrogens with zero attached hydrogens (tertiary/aromatic N) is 3. The van der Waals surface area contributed by atoms with E-state index in [1.807, 2.05) is 27.7 Å². The summed E-state index contributed by atoms with van der Waals surface area (Å²) in [5, 5.41) is 4.37. The molecule has 0 fully saturated rings. The molecule has 0 atom stereocenters. The molecule has 0 amide bonds. The molecule has 0 radical (unpaired) electrons. The van der Waals surface area contributed by atoms with Gasteiger partial charge in [0.2, 0.25) is 6.33 Å². The minimum atomic E-state index is -0.209. The van der Waals surface area contributed by atoms with Crippen LogP contribution < -0.4 is 17.0 Å². The van der Waals surface area contributed by atoms with Crippen molar-refractivity contribution in [3.63, 3.8) is 0 Å². The van der Waals surface area contributed by atoms with Gasteiger partial charge in [0, 0.05) is 5.10 Å². The highest BCUT2D eigenvalue weighted by Gasteiger charge is 2.08. The Labute approximate surface area is 135 Å². The number of hydrogen-bond acceptors (Lipinski definition) is 1. The molecule has 5 heteroatoms. The standard InChI is InChI=1S/C17H17FN3.ClH/c1-14-4-2-3-5-16(14)11-21-13-20(12-19-21)10-15-6-8-17(18)9-7-15;/h2-9,12-13H,10-11H2,1H3;1H/q+1;/p-1. The monoisotopic (exact) mass is 317 g/mol. The fourth-order valence-electron chi connectivity index (χ4n) is 2.29. The minimum absolute atomic E-state index is 0. The van der Waals surface area contributed by atoms with Crippen molar-refractivity contribution in [2.75, 3.05) is 0 Å². The summed E-state index contributed by atoms with van der Waals surface area (Å²) >= 11 is 0. The van der Waals surface area contributed by atoms with Crippen LogP contribution >= 0.6 is 0 Å². The average molecular weight is 318 g/mol. The molecule has 3 nitrogen and oxygen atoms in total. The van der Waals surface area contributed by atoms with Crippen molar-refractivity contribution in [3.05, 3.63) is 83.7 Å². The van der Waals surface area contributed by atoms with Gasteiger partial charge in [0.25, 0.3) is 6.33 Å². The summed E-state index contributed by atoms with van der Waals surface area (Å²) in [6.45, 7) is 3.54. The van der Waals surface area contributed by atoms with E-state index >= 15 is 0 Å². The molecule has 0 aliphatic heterocycles. The summed E-state index contributed by atoms with van der Waals surface area (Å²) < 4.78 is 16.8. The molecule has 1 heterocycles.